The minimum absolute atomic E-state index is 0.185. The van der Waals surface area contributed by atoms with Crippen LogP contribution in [0.3, 0.4) is 0 Å². The summed E-state index contributed by atoms with van der Waals surface area (Å²) in [5.74, 6) is 0.464. The molecule has 0 aliphatic rings. The molecule has 0 atom stereocenters. The molecule has 16 heavy (non-hydrogen) atoms. The molecule has 0 saturated heterocycles. The van der Waals surface area contributed by atoms with Crippen LogP contribution in [0.25, 0.3) is 0 Å². The van der Waals surface area contributed by atoms with E-state index in [0.29, 0.717) is 12.0 Å². The van der Waals surface area contributed by atoms with Crippen molar-refractivity contribution in [2.45, 2.75) is 6.42 Å². The topological polar surface area (TPSA) is 97.8 Å². The number of hydrogen-bond donors (Lipinski definition) is 3. The number of nitrogen functional groups attached to an aromatic ring is 2. The van der Waals surface area contributed by atoms with Crippen LogP contribution in [-0.4, -0.2) is 9.97 Å². The maximum atomic E-state index is 11.0. The average Bonchev–Trinajstić information content (AvgIpc) is 2.25. The van der Waals surface area contributed by atoms with Crippen LogP contribution in [0.4, 0.5) is 11.6 Å². The third kappa shape index (κ3) is 2.03. The van der Waals surface area contributed by atoms with Gasteiger partial charge in [0.25, 0.3) is 0 Å². The minimum Gasteiger partial charge on any atom is -0.385 e. The van der Waals surface area contributed by atoms with Crippen molar-refractivity contribution in [3.63, 3.8) is 0 Å². The number of aromatic nitrogens is 2. The summed E-state index contributed by atoms with van der Waals surface area (Å²) in [5, 5.41) is 0. The molecule has 0 bridgehead atoms. The number of nitrogens with one attached hydrogen (secondary N) is 1. The van der Waals surface area contributed by atoms with Crippen LogP contribution in [0.2, 0.25) is 0 Å². The maximum Gasteiger partial charge on any atom is 0.348 e. The first kappa shape index (κ1) is 10.2. The molecule has 0 saturated carbocycles. The Hall–Kier alpha value is -2.30. The summed E-state index contributed by atoms with van der Waals surface area (Å²) in [4.78, 5) is 17.0. The van der Waals surface area contributed by atoms with E-state index < -0.39 is 5.69 Å². The molecule has 2 aromatic rings. The van der Waals surface area contributed by atoms with Gasteiger partial charge in [-0.05, 0) is 5.56 Å². The van der Waals surface area contributed by atoms with Crippen molar-refractivity contribution in [2.75, 3.05) is 11.5 Å². The van der Waals surface area contributed by atoms with Crippen molar-refractivity contribution in [1.29, 1.82) is 0 Å². The molecule has 0 aliphatic carbocycles. The number of rotatable bonds is 2. The second-order valence-corrected chi connectivity index (χ2v) is 3.48. The largest absolute Gasteiger partial charge is 0.385 e. The zero-order valence-corrected chi connectivity index (χ0v) is 8.60. The summed E-state index contributed by atoms with van der Waals surface area (Å²) in [7, 11) is 0. The Labute approximate surface area is 92.1 Å². The number of benzene rings is 1. The predicted octanol–water partition coefficient (Wildman–Crippen LogP) is 0.525. The average molecular weight is 216 g/mol. The van der Waals surface area contributed by atoms with E-state index >= 15 is 0 Å². The highest BCUT2D eigenvalue weighted by Crippen LogP contribution is 2.17. The minimum atomic E-state index is -0.521. The Bertz CT molecular complexity index is 521. The first-order chi connectivity index (χ1) is 7.66. The zero-order chi connectivity index (χ0) is 11.5. The van der Waals surface area contributed by atoms with Crippen LogP contribution in [0, 0.1) is 0 Å². The van der Waals surface area contributed by atoms with Gasteiger partial charge in [0, 0.05) is 12.0 Å². The fourth-order valence-corrected chi connectivity index (χ4v) is 1.52. The summed E-state index contributed by atoms with van der Waals surface area (Å²) < 4.78 is 0. The molecule has 0 fully saturated rings. The summed E-state index contributed by atoms with van der Waals surface area (Å²) in [6.07, 6.45) is 0.558. The van der Waals surface area contributed by atoms with Crippen molar-refractivity contribution < 1.29 is 0 Å². The van der Waals surface area contributed by atoms with Crippen LogP contribution >= 0.6 is 0 Å². The van der Waals surface area contributed by atoms with Crippen molar-refractivity contribution >= 4 is 11.6 Å². The SMILES string of the molecule is Nc1nc(=O)[nH]c(N)c1Cc1ccccc1. The fourth-order valence-electron chi connectivity index (χ4n) is 1.52. The van der Waals surface area contributed by atoms with E-state index in [1.165, 1.54) is 0 Å². The molecule has 0 radical (unpaired) electrons. The Balaban J connectivity index is 2.39. The molecule has 1 aromatic carbocycles. The molecule has 0 spiro atoms. The van der Waals surface area contributed by atoms with E-state index in [4.69, 9.17) is 11.5 Å². The molecular weight excluding hydrogens is 204 g/mol. The van der Waals surface area contributed by atoms with E-state index in [1.54, 1.807) is 0 Å². The Kier molecular flexibility index (Phi) is 2.59. The lowest BCUT2D eigenvalue weighted by atomic mass is 10.1. The summed E-state index contributed by atoms with van der Waals surface area (Å²) >= 11 is 0. The van der Waals surface area contributed by atoms with Crippen molar-refractivity contribution in [1.82, 2.24) is 9.97 Å². The van der Waals surface area contributed by atoms with Gasteiger partial charge < -0.3 is 11.5 Å². The van der Waals surface area contributed by atoms with Gasteiger partial charge in [0.2, 0.25) is 0 Å². The monoisotopic (exact) mass is 216 g/mol. The fraction of sp³-hybridized carbons (Fsp3) is 0.0909. The molecule has 0 aliphatic heterocycles. The third-order valence-corrected chi connectivity index (χ3v) is 2.32. The van der Waals surface area contributed by atoms with Crippen LogP contribution in [0.5, 0.6) is 0 Å². The van der Waals surface area contributed by atoms with Gasteiger partial charge >= 0.3 is 5.69 Å². The van der Waals surface area contributed by atoms with Gasteiger partial charge in [0.15, 0.2) is 0 Å². The highest BCUT2D eigenvalue weighted by Gasteiger charge is 2.07. The molecule has 5 nitrogen and oxygen atoms in total. The van der Waals surface area contributed by atoms with Crippen LogP contribution in [0.15, 0.2) is 35.1 Å². The molecule has 0 unspecified atom stereocenters. The van der Waals surface area contributed by atoms with Gasteiger partial charge in [-0.2, -0.15) is 4.98 Å². The van der Waals surface area contributed by atoms with Crippen molar-refractivity contribution in [2.24, 2.45) is 0 Å². The number of anilines is 2. The summed E-state index contributed by atoms with van der Waals surface area (Å²) in [6, 6.07) is 9.72. The van der Waals surface area contributed by atoms with E-state index in [9.17, 15) is 4.79 Å². The highest BCUT2D eigenvalue weighted by molar-refractivity contribution is 5.54. The predicted molar refractivity (Wildman–Crippen MR) is 62.9 cm³/mol. The van der Waals surface area contributed by atoms with Gasteiger partial charge in [0.1, 0.15) is 11.6 Å². The van der Waals surface area contributed by atoms with E-state index in [0.717, 1.165) is 5.56 Å². The van der Waals surface area contributed by atoms with Gasteiger partial charge in [0.05, 0.1) is 0 Å². The van der Waals surface area contributed by atoms with Gasteiger partial charge in [-0.25, -0.2) is 4.79 Å². The van der Waals surface area contributed by atoms with Crippen molar-refractivity contribution in [3.05, 3.63) is 51.9 Å². The van der Waals surface area contributed by atoms with Gasteiger partial charge in [-0.3, -0.25) is 4.98 Å². The Morgan fingerprint density at radius 3 is 2.50 bits per heavy atom. The molecule has 2 rings (SSSR count). The number of aromatic amines is 1. The smallest absolute Gasteiger partial charge is 0.348 e. The van der Waals surface area contributed by atoms with E-state index in [2.05, 4.69) is 9.97 Å². The highest BCUT2D eigenvalue weighted by atomic mass is 16.1. The first-order valence-corrected chi connectivity index (χ1v) is 4.85. The van der Waals surface area contributed by atoms with Gasteiger partial charge in [-0.15, -0.1) is 0 Å². The molecule has 1 aromatic heterocycles. The van der Waals surface area contributed by atoms with Crippen LogP contribution in [-0.2, 0) is 6.42 Å². The van der Waals surface area contributed by atoms with Crippen LogP contribution in [0.1, 0.15) is 11.1 Å². The summed E-state index contributed by atoms with van der Waals surface area (Å²) in [5.41, 5.74) is 12.6. The van der Waals surface area contributed by atoms with Crippen LogP contribution < -0.4 is 17.2 Å². The lowest BCUT2D eigenvalue weighted by Crippen LogP contribution is -2.18. The third-order valence-electron chi connectivity index (χ3n) is 2.32. The number of nitrogens with two attached hydrogens (primary N) is 2. The molecule has 1 heterocycles. The zero-order valence-electron chi connectivity index (χ0n) is 8.60. The van der Waals surface area contributed by atoms with E-state index in [1.807, 2.05) is 30.3 Å². The lowest BCUT2D eigenvalue weighted by molar-refractivity contribution is 1.04. The molecule has 82 valence electrons. The van der Waals surface area contributed by atoms with Crippen molar-refractivity contribution in [3.8, 4) is 0 Å². The second-order valence-electron chi connectivity index (χ2n) is 3.48. The molecule has 5 heteroatoms. The second kappa shape index (κ2) is 4.06. The number of nitrogens with zero attached hydrogens (tertiary/aromatic N) is 1. The molecule has 0 amide bonds. The lowest BCUT2D eigenvalue weighted by Gasteiger charge is -2.07. The Morgan fingerprint density at radius 1 is 1.19 bits per heavy atom. The first-order valence-electron chi connectivity index (χ1n) is 4.85. The standard InChI is InChI=1S/C11H12N4O/c12-9-8(10(13)15-11(16)14-9)6-7-4-2-1-3-5-7/h1-5H,6H2,(H5,12,13,14,15,16). The quantitative estimate of drug-likeness (QED) is 0.681. The van der Waals surface area contributed by atoms with Gasteiger partial charge in [-0.1, -0.05) is 30.3 Å². The number of hydrogen-bond acceptors (Lipinski definition) is 4. The number of H-pyrrole nitrogens is 1. The Morgan fingerprint density at radius 2 is 1.88 bits per heavy atom. The molecular formula is C11H12N4O. The normalized spacial score (nSPS) is 10.2. The maximum absolute atomic E-state index is 11.0. The molecule has 5 N–H and O–H groups in total. The summed E-state index contributed by atoms with van der Waals surface area (Å²) in [6.45, 7) is 0. The van der Waals surface area contributed by atoms with E-state index in [-0.39, 0.29) is 11.6 Å².